The van der Waals surface area contributed by atoms with E-state index in [2.05, 4.69) is 15.0 Å². The van der Waals surface area contributed by atoms with E-state index in [1.807, 2.05) is 0 Å². The van der Waals surface area contributed by atoms with Gasteiger partial charge in [-0.25, -0.2) is 4.79 Å². The normalized spacial score (nSPS) is 10.8. The Labute approximate surface area is 111 Å². The predicted octanol–water partition coefficient (Wildman–Crippen LogP) is 0.455. The van der Waals surface area contributed by atoms with Gasteiger partial charge in [-0.15, -0.1) is 0 Å². The van der Waals surface area contributed by atoms with Crippen molar-refractivity contribution in [3.8, 4) is 5.75 Å². The van der Waals surface area contributed by atoms with Crippen LogP contribution >= 0.6 is 0 Å². The maximum Gasteiger partial charge on any atom is 0.707 e. The summed E-state index contributed by atoms with van der Waals surface area (Å²) in [4.78, 5) is 15.4. The van der Waals surface area contributed by atoms with Crippen LogP contribution in [0.25, 0.3) is 0 Å². The zero-order valence-corrected chi connectivity index (χ0v) is 11.1. The van der Waals surface area contributed by atoms with E-state index in [9.17, 15) is 4.79 Å². The summed E-state index contributed by atoms with van der Waals surface area (Å²) in [5, 5.41) is 19.9. The lowest BCUT2D eigenvalue weighted by molar-refractivity contribution is 0.0522. The molecule has 8 heteroatoms. The molecule has 0 atom stereocenters. The molecule has 0 fully saturated rings. The third-order valence-corrected chi connectivity index (χ3v) is 1.84. The third kappa shape index (κ3) is 6.63. The summed E-state index contributed by atoms with van der Waals surface area (Å²) in [6, 6.07) is 2.95. The summed E-state index contributed by atoms with van der Waals surface area (Å²) in [6.45, 7) is 5.44. The number of hydrogen-bond acceptors (Lipinski definition) is 6. The minimum atomic E-state index is -1.89. The van der Waals surface area contributed by atoms with Crippen molar-refractivity contribution < 1.29 is 24.2 Å². The molecule has 0 aliphatic rings. The van der Waals surface area contributed by atoms with Crippen LogP contribution in [-0.4, -0.2) is 34.0 Å². The lowest BCUT2D eigenvalue weighted by Gasteiger charge is -2.19. The molecule has 0 spiro atoms. The Bertz CT molecular complexity index is 433. The standard InChI is InChI=1S/C11H17BN2O5/c1-11(2,3)18-10(15)14-7-8-6-9(4-5-13-8)19-12(16)17/h4-6,16-17H,7H2,1-3H3,(H,14,15). The Morgan fingerprint density at radius 1 is 1.47 bits per heavy atom. The molecule has 0 aromatic carbocycles. The highest BCUT2D eigenvalue weighted by molar-refractivity contribution is 6.33. The highest BCUT2D eigenvalue weighted by Gasteiger charge is 2.16. The molecule has 1 heterocycles. The third-order valence-electron chi connectivity index (χ3n) is 1.84. The summed E-state index contributed by atoms with van der Waals surface area (Å²) in [7, 11) is -1.89. The molecule has 0 aliphatic carbocycles. The van der Waals surface area contributed by atoms with Gasteiger partial charge in [0.2, 0.25) is 0 Å². The van der Waals surface area contributed by atoms with Gasteiger partial charge >= 0.3 is 13.4 Å². The van der Waals surface area contributed by atoms with Gasteiger partial charge in [0.05, 0.1) is 12.2 Å². The molecule has 1 aromatic rings. The van der Waals surface area contributed by atoms with Crippen LogP contribution < -0.4 is 9.97 Å². The molecule has 0 unspecified atom stereocenters. The monoisotopic (exact) mass is 268 g/mol. The average molecular weight is 268 g/mol. The summed E-state index contributed by atoms with van der Waals surface area (Å²) >= 11 is 0. The molecule has 7 nitrogen and oxygen atoms in total. The highest BCUT2D eigenvalue weighted by Crippen LogP contribution is 2.11. The Morgan fingerprint density at radius 2 is 2.16 bits per heavy atom. The van der Waals surface area contributed by atoms with Gasteiger partial charge in [-0.2, -0.15) is 0 Å². The van der Waals surface area contributed by atoms with Crippen molar-refractivity contribution >= 4 is 13.4 Å². The first kappa shape index (κ1) is 15.3. The largest absolute Gasteiger partial charge is 0.707 e. The van der Waals surface area contributed by atoms with Gasteiger partial charge in [-0.05, 0) is 26.8 Å². The van der Waals surface area contributed by atoms with Crippen molar-refractivity contribution in [2.24, 2.45) is 0 Å². The van der Waals surface area contributed by atoms with Crippen molar-refractivity contribution in [1.82, 2.24) is 10.3 Å². The van der Waals surface area contributed by atoms with Crippen molar-refractivity contribution in [2.75, 3.05) is 0 Å². The fourth-order valence-corrected chi connectivity index (χ4v) is 1.22. The molecule has 0 saturated carbocycles. The van der Waals surface area contributed by atoms with E-state index in [0.717, 1.165) is 0 Å². The first-order valence-electron chi connectivity index (χ1n) is 5.71. The van der Waals surface area contributed by atoms with Crippen molar-refractivity contribution in [1.29, 1.82) is 0 Å². The molecule has 19 heavy (non-hydrogen) atoms. The van der Waals surface area contributed by atoms with Crippen LogP contribution in [0, 0.1) is 0 Å². The van der Waals surface area contributed by atoms with Gasteiger partial charge in [0.25, 0.3) is 0 Å². The minimum absolute atomic E-state index is 0.146. The summed E-state index contributed by atoms with van der Waals surface area (Å²) in [5.74, 6) is 0.242. The first-order valence-corrected chi connectivity index (χ1v) is 5.71. The van der Waals surface area contributed by atoms with E-state index in [-0.39, 0.29) is 12.3 Å². The van der Waals surface area contributed by atoms with Crippen LogP contribution in [0.1, 0.15) is 26.5 Å². The van der Waals surface area contributed by atoms with Crippen LogP contribution in [0.4, 0.5) is 4.79 Å². The van der Waals surface area contributed by atoms with Crippen LogP contribution in [0.15, 0.2) is 18.3 Å². The number of ether oxygens (including phenoxy) is 1. The summed E-state index contributed by atoms with van der Waals surface area (Å²) in [6.07, 6.45) is 0.881. The van der Waals surface area contributed by atoms with E-state index in [0.29, 0.717) is 5.69 Å². The number of pyridine rings is 1. The quantitative estimate of drug-likeness (QED) is 0.685. The Hall–Kier alpha value is -1.80. The Kier molecular flexibility index (Phi) is 5.14. The number of aromatic nitrogens is 1. The second-order valence-corrected chi connectivity index (χ2v) is 4.78. The molecular formula is C11H17BN2O5. The fraction of sp³-hybridized carbons (Fsp3) is 0.455. The molecule has 1 aromatic heterocycles. The van der Waals surface area contributed by atoms with E-state index >= 15 is 0 Å². The van der Waals surface area contributed by atoms with Crippen molar-refractivity contribution in [2.45, 2.75) is 32.9 Å². The number of nitrogens with zero attached hydrogens (tertiary/aromatic N) is 1. The molecule has 0 bridgehead atoms. The SMILES string of the molecule is CC(C)(C)OC(=O)NCc1cc(OB(O)O)ccn1. The Balaban J connectivity index is 2.51. The number of rotatable bonds is 4. The fourth-order valence-electron chi connectivity index (χ4n) is 1.22. The van der Waals surface area contributed by atoms with Gasteiger partial charge in [0.15, 0.2) is 0 Å². The predicted molar refractivity (Wildman–Crippen MR) is 68.1 cm³/mol. The molecular weight excluding hydrogens is 251 g/mol. The molecule has 3 N–H and O–H groups in total. The average Bonchev–Trinajstić information content (AvgIpc) is 2.23. The number of carbonyl (C=O) groups excluding carboxylic acids is 1. The van der Waals surface area contributed by atoms with Crippen LogP contribution in [-0.2, 0) is 11.3 Å². The summed E-state index contributed by atoms with van der Waals surface area (Å²) < 4.78 is 9.73. The molecule has 0 saturated heterocycles. The van der Waals surface area contributed by atoms with Crippen LogP contribution in [0.5, 0.6) is 5.75 Å². The van der Waals surface area contributed by atoms with E-state index in [4.69, 9.17) is 14.8 Å². The van der Waals surface area contributed by atoms with Gasteiger partial charge in [0.1, 0.15) is 11.4 Å². The van der Waals surface area contributed by atoms with Crippen molar-refractivity contribution in [3.63, 3.8) is 0 Å². The van der Waals surface area contributed by atoms with Crippen LogP contribution in [0.2, 0.25) is 0 Å². The molecule has 1 rings (SSSR count). The smallest absolute Gasteiger partial charge is 0.512 e. The van der Waals surface area contributed by atoms with E-state index < -0.39 is 19.0 Å². The summed E-state index contributed by atoms with van der Waals surface area (Å²) in [5.41, 5.74) is -0.0623. The van der Waals surface area contributed by atoms with E-state index in [1.54, 1.807) is 20.8 Å². The Morgan fingerprint density at radius 3 is 2.74 bits per heavy atom. The van der Waals surface area contributed by atoms with Gasteiger partial charge in [0, 0.05) is 12.3 Å². The lowest BCUT2D eigenvalue weighted by Crippen LogP contribution is -2.32. The molecule has 0 aliphatic heterocycles. The maximum atomic E-state index is 11.4. The number of amides is 1. The van der Waals surface area contributed by atoms with Gasteiger partial charge in [-0.3, -0.25) is 4.98 Å². The number of alkyl carbamates (subject to hydrolysis) is 1. The number of hydrogen-bond donors (Lipinski definition) is 3. The molecule has 0 radical (unpaired) electrons. The number of carbonyl (C=O) groups is 1. The lowest BCUT2D eigenvalue weighted by atomic mass is 10.2. The minimum Gasteiger partial charge on any atom is -0.512 e. The maximum absolute atomic E-state index is 11.4. The van der Waals surface area contributed by atoms with E-state index in [1.165, 1.54) is 18.3 Å². The van der Waals surface area contributed by atoms with Gasteiger partial charge < -0.3 is 24.8 Å². The zero-order valence-electron chi connectivity index (χ0n) is 11.1. The zero-order chi connectivity index (χ0) is 14.5. The first-order chi connectivity index (χ1) is 8.76. The van der Waals surface area contributed by atoms with Crippen LogP contribution in [0.3, 0.4) is 0 Å². The second kappa shape index (κ2) is 6.39. The number of nitrogens with one attached hydrogen (secondary N) is 1. The molecule has 1 amide bonds. The highest BCUT2D eigenvalue weighted by atomic mass is 16.6. The topological polar surface area (TPSA) is 101 Å². The second-order valence-electron chi connectivity index (χ2n) is 4.78. The molecule has 104 valence electrons. The van der Waals surface area contributed by atoms with Gasteiger partial charge in [-0.1, -0.05) is 0 Å². The van der Waals surface area contributed by atoms with Crippen molar-refractivity contribution in [3.05, 3.63) is 24.0 Å².